The predicted molar refractivity (Wildman–Crippen MR) is 85.3 cm³/mol. The average Bonchev–Trinajstić information content (AvgIpc) is 2.98. The van der Waals surface area contributed by atoms with Gasteiger partial charge in [-0.2, -0.15) is 4.31 Å². The Hall–Kier alpha value is -1.21. The predicted octanol–water partition coefficient (Wildman–Crippen LogP) is 2.28. The van der Waals surface area contributed by atoms with Crippen LogP contribution in [0.5, 0.6) is 0 Å². The monoisotopic (exact) mass is 340 g/mol. The van der Waals surface area contributed by atoms with Crippen LogP contribution in [0.15, 0.2) is 35.4 Å². The molecule has 1 saturated heterocycles. The van der Waals surface area contributed by atoms with E-state index < -0.39 is 16.1 Å². The molecule has 1 aromatic carbocycles. The molecule has 0 amide bonds. The van der Waals surface area contributed by atoms with Gasteiger partial charge in [0, 0.05) is 24.7 Å². The number of hydrogen-bond donors (Lipinski definition) is 1. The first-order valence-corrected chi connectivity index (χ1v) is 8.94. The first-order valence-electron chi connectivity index (χ1n) is 7.12. The van der Waals surface area contributed by atoms with Gasteiger partial charge in [-0.1, -0.05) is 11.6 Å². The maximum atomic E-state index is 12.9. The Morgan fingerprint density at radius 1 is 1.41 bits per heavy atom. The maximum absolute atomic E-state index is 12.9. The van der Waals surface area contributed by atoms with Crippen molar-refractivity contribution in [1.29, 1.82) is 0 Å². The zero-order chi connectivity index (χ0) is 15.9. The molecule has 1 aliphatic rings. The molecule has 1 aromatic heterocycles. The van der Waals surface area contributed by atoms with Gasteiger partial charge in [-0.05, 0) is 43.5 Å². The number of sulfonamides is 1. The number of aliphatic hydroxyl groups excluding tert-OH is 1. The smallest absolute Gasteiger partial charge is 0.243 e. The highest BCUT2D eigenvalue weighted by molar-refractivity contribution is 7.89. The van der Waals surface area contributed by atoms with Gasteiger partial charge in [0.2, 0.25) is 10.0 Å². The van der Waals surface area contributed by atoms with Gasteiger partial charge in [-0.25, -0.2) is 8.42 Å². The van der Waals surface area contributed by atoms with E-state index in [0.29, 0.717) is 35.4 Å². The van der Waals surface area contributed by atoms with Crippen molar-refractivity contribution in [3.63, 3.8) is 0 Å². The molecule has 0 saturated carbocycles. The summed E-state index contributed by atoms with van der Waals surface area (Å²) in [6.45, 7) is 2.45. The van der Waals surface area contributed by atoms with E-state index in [1.54, 1.807) is 31.3 Å². The fraction of sp³-hybridized carbons (Fsp3) is 0.400. The molecule has 0 radical (unpaired) electrons. The molecule has 3 rings (SSSR count). The lowest BCUT2D eigenvalue weighted by atomic mass is 10.0. The number of halogens is 1. The summed E-state index contributed by atoms with van der Waals surface area (Å²) in [5, 5.41) is 10.6. The normalized spacial score (nSPS) is 21.3. The third-order valence-electron chi connectivity index (χ3n) is 4.17. The standard InChI is InChI=1S/C15H17ClN2O3S/c1-10(19)11-6-8-18(9-11)22(20,21)14-5-4-13(16)15-12(14)3-2-7-17-15/h2-5,7,10-11,19H,6,8-9H2,1H3. The number of aliphatic hydroxyl groups is 1. The summed E-state index contributed by atoms with van der Waals surface area (Å²) in [5.74, 6) is -0.0218. The van der Waals surface area contributed by atoms with Crippen LogP contribution in [0.2, 0.25) is 5.02 Å². The van der Waals surface area contributed by atoms with Gasteiger partial charge in [0.15, 0.2) is 0 Å². The van der Waals surface area contributed by atoms with Crippen LogP contribution in [0.25, 0.3) is 10.9 Å². The number of hydrogen-bond acceptors (Lipinski definition) is 4. The Kier molecular flexibility index (Phi) is 4.11. The summed E-state index contributed by atoms with van der Waals surface area (Å²) in [5.41, 5.74) is 0.483. The Balaban J connectivity index is 2.06. The van der Waals surface area contributed by atoms with E-state index in [9.17, 15) is 13.5 Å². The molecule has 0 spiro atoms. The molecular weight excluding hydrogens is 324 g/mol. The number of pyridine rings is 1. The highest BCUT2D eigenvalue weighted by atomic mass is 35.5. The van der Waals surface area contributed by atoms with E-state index in [2.05, 4.69) is 4.98 Å². The van der Waals surface area contributed by atoms with Gasteiger partial charge < -0.3 is 5.11 Å². The lowest BCUT2D eigenvalue weighted by Crippen LogP contribution is -2.30. The molecule has 22 heavy (non-hydrogen) atoms. The van der Waals surface area contributed by atoms with Gasteiger partial charge in [0.1, 0.15) is 0 Å². The summed E-state index contributed by atoms with van der Waals surface area (Å²) in [4.78, 5) is 4.38. The summed E-state index contributed by atoms with van der Waals surface area (Å²) in [7, 11) is -3.62. The molecule has 2 aromatic rings. The van der Waals surface area contributed by atoms with Crippen molar-refractivity contribution < 1.29 is 13.5 Å². The van der Waals surface area contributed by atoms with Crippen molar-refractivity contribution in [3.05, 3.63) is 35.5 Å². The molecule has 1 fully saturated rings. The van der Waals surface area contributed by atoms with Crippen LogP contribution in [0.3, 0.4) is 0 Å². The Morgan fingerprint density at radius 2 is 2.18 bits per heavy atom. The van der Waals surface area contributed by atoms with Crippen molar-refractivity contribution >= 4 is 32.5 Å². The molecule has 2 atom stereocenters. The van der Waals surface area contributed by atoms with Crippen molar-refractivity contribution in [2.24, 2.45) is 5.92 Å². The fourth-order valence-corrected chi connectivity index (χ4v) is 4.75. The van der Waals surface area contributed by atoms with Crippen LogP contribution in [-0.4, -0.2) is 42.0 Å². The van der Waals surface area contributed by atoms with Gasteiger partial charge in [0.25, 0.3) is 0 Å². The van der Waals surface area contributed by atoms with E-state index in [1.165, 1.54) is 10.4 Å². The number of rotatable bonds is 3. The molecule has 0 bridgehead atoms. The fourth-order valence-electron chi connectivity index (χ4n) is 2.84. The average molecular weight is 341 g/mol. The number of benzene rings is 1. The number of aromatic nitrogens is 1. The Labute approximate surface area is 134 Å². The minimum Gasteiger partial charge on any atom is -0.393 e. The van der Waals surface area contributed by atoms with E-state index in [1.807, 2.05) is 0 Å². The first-order chi connectivity index (χ1) is 10.4. The molecule has 1 N–H and O–H groups in total. The molecule has 2 heterocycles. The van der Waals surface area contributed by atoms with Gasteiger partial charge in [-0.15, -0.1) is 0 Å². The van der Waals surface area contributed by atoms with Crippen LogP contribution < -0.4 is 0 Å². The van der Waals surface area contributed by atoms with Crippen molar-refractivity contribution in [3.8, 4) is 0 Å². The summed E-state index contributed by atoms with van der Waals surface area (Å²) < 4.78 is 27.2. The largest absolute Gasteiger partial charge is 0.393 e. The van der Waals surface area contributed by atoms with E-state index in [-0.39, 0.29) is 10.8 Å². The van der Waals surface area contributed by atoms with E-state index in [4.69, 9.17) is 11.6 Å². The molecule has 0 aliphatic carbocycles. The minimum atomic E-state index is -3.62. The van der Waals surface area contributed by atoms with Gasteiger partial charge >= 0.3 is 0 Å². The SMILES string of the molecule is CC(O)C1CCN(S(=O)(=O)c2ccc(Cl)c3ncccc23)C1. The number of nitrogens with zero attached hydrogens (tertiary/aromatic N) is 2. The van der Waals surface area contributed by atoms with Crippen molar-refractivity contribution in [1.82, 2.24) is 9.29 Å². The second-order valence-electron chi connectivity index (χ2n) is 5.60. The lowest BCUT2D eigenvalue weighted by molar-refractivity contribution is 0.133. The topological polar surface area (TPSA) is 70.5 Å². The Morgan fingerprint density at radius 3 is 2.86 bits per heavy atom. The quantitative estimate of drug-likeness (QED) is 0.930. The molecular formula is C15H17ClN2O3S. The highest BCUT2D eigenvalue weighted by Crippen LogP contribution is 2.32. The maximum Gasteiger partial charge on any atom is 0.243 e. The van der Waals surface area contributed by atoms with E-state index in [0.717, 1.165) is 0 Å². The molecule has 5 nitrogen and oxygen atoms in total. The zero-order valence-electron chi connectivity index (χ0n) is 12.1. The highest BCUT2D eigenvalue weighted by Gasteiger charge is 2.35. The summed E-state index contributed by atoms with van der Waals surface area (Å²) >= 11 is 6.10. The van der Waals surface area contributed by atoms with Crippen LogP contribution in [-0.2, 0) is 10.0 Å². The van der Waals surface area contributed by atoms with Crippen LogP contribution in [0, 0.1) is 5.92 Å². The molecule has 2 unspecified atom stereocenters. The van der Waals surface area contributed by atoms with Gasteiger partial charge in [0.05, 0.1) is 21.5 Å². The molecule has 7 heteroatoms. The third kappa shape index (κ3) is 2.60. The van der Waals surface area contributed by atoms with Crippen LogP contribution in [0.1, 0.15) is 13.3 Å². The van der Waals surface area contributed by atoms with Crippen molar-refractivity contribution in [2.75, 3.05) is 13.1 Å². The van der Waals surface area contributed by atoms with Crippen molar-refractivity contribution in [2.45, 2.75) is 24.3 Å². The third-order valence-corrected chi connectivity index (χ3v) is 6.40. The first kappa shape index (κ1) is 15.7. The number of fused-ring (bicyclic) bond motifs is 1. The van der Waals surface area contributed by atoms with Crippen LogP contribution in [0.4, 0.5) is 0 Å². The molecule has 118 valence electrons. The van der Waals surface area contributed by atoms with Gasteiger partial charge in [-0.3, -0.25) is 4.98 Å². The molecule has 1 aliphatic heterocycles. The second-order valence-corrected chi connectivity index (χ2v) is 7.91. The summed E-state index contributed by atoms with van der Waals surface area (Å²) in [6, 6.07) is 6.49. The van der Waals surface area contributed by atoms with Crippen LogP contribution >= 0.6 is 11.6 Å². The van der Waals surface area contributed by atoms with E-state index >= 15 is 0 Å². The minimum absolute atomic E-state index is 0.0218. The second kappa shape index (κ2) is 5.77. The zero-order valence-corrected chi connectivity index (χ0v) is 13.7. The Bertz CT molecular complexity index is 808. The summed E-state index contributed by atoms with van der Waals surface area (Å²) in [6.07, 6.45) is 1.74. The lowest BCUT2D eigenvalue weighted by Gasteiger charge is -2.19.